The molecule has 0 aliphatic carbocycles. The molecule has 0 aliphatic rings. The van der Waals surface area contributed by atoms with E-state index in [1.807, 2.05) is 39.0 Å². The Hall–Kier alpha value is -1.36. The highest BCUT2D eigenvalue weighted by molar-refractivity contribution is 8.00. The van der Waals surface area contributed by atoms with E-state index in [0.717, 1.165) is 4.90 Å². The highest BCUT2D eigenvalue weighted by Crippen LogP contribution is 2.33. The van der Waals surface area contributed by atoms with Gasteiger partial charge in [0.1, 0.15) is 5.75 Å². The van der Waals surface area contributed by atoms with E-state index in [2.05, 4.69) is 5.32 Å². The van der Waals surface area contributed by atoms with Gasteiger partial charge >= 0.3 is 0 Å². The number of rotatable bonds is 6. The molecular weight excluding hydrogens is 248 g/mol. The molecule has 3 N–H and O–H groups in total. The monoisotopic (exact) mass is 268 g/mol. The zero-order valence-electron chi connectivity index (χ0n) is 11.0. The first kappa shape index (κ1) is 14.7. The number of hydrogen-bond donors (Lipinski definition) is 2. The van der Waals surface area contributed by atoms with Gasteiger partial charge in [-0.05, 0) is 32.9 Å². The molecule has 0 heterocycles. The normalized spacial score (nSPS) is 10.4. The molecule has 1 aromatic rings. The van der Waals surface area contributed by atoms with Crippen molar-refractivity contribution in [1.82, 2.24) is 5.32 Å². The van der Waals surface area contributed by atoms with E-state index in [0.29, 0.717) is 23.7 Å². The quantitative estimate of drug-likeness (QED) is 0.613. The summed E-state index contributed by atoms with van der Waals surface area (Å²) in [5.74, 6) is 1.05. The van der Waals surface area contributed by atoms with Crippen molar-refractivity contribution in [3.63, 3.8) is 0 Å². The molecular formula is C13H20N2O2S. The summed E-state index contributed by atoms with van der Waals surface area (Å²) in [5, 5.41) is 2.75. The SMILES string of the molecule is CCNC(=O)CSc1cccc(OC(C)C)c1N. The highest BCUT2D eigenvalue weighted by atomic mass is 32.2. The van der Waals surface area contributed by atoms with Crippen LogP contribution in [0.1, 0.15) is 20.8 Å². The summed E-state index contributed by atoms with van der Waals surface area (Å²) in [4.78, 5) is 12.3. The maximum Gasteiger partial charge on any atom is 0.230 e. The van der Waals surface area contributed by atoms with Crippen LogP contribution in [0.3, 0.4) is 0 Å². The molecule has 1 aromatic carbocycles. The molecule has 0 aromatic heterocycles. The summed E-state index contributed by atoms with van der Waals surface area (Å²) in [5.41, 5.74) is 6.61. The Morgan fingerprint density at radius 3 is 2.83 bits per heavy atom. The van der Waals surface area contributed by atoms with Gasteiger partial charge in [0.15, 0.2) is 0 Å². The van der Waals surface area contributed by atoms with E-state index >= 15 is 0 Å². The lowest BCUT2D eigenvalue weighted by Gasteiger charge is -2.14. The topological polar surface area (TPSA) is 64.3 Å². The summed E-state index contributed by atoms with van der Waals surface area (Å²) in [6, 6.07) is 5.62. The summed E-state index contributed by atoms with van der Waals surface area (Å²) in [7, 11) is 0. The van der Waals surface area contributed by atoms with Crippen molar-refractivity contribution in [1.29, 1.82) is 0 Å². The molecule has 0 saturated carbocycles. The van der Waals surface area contributed by atoms with E-state index in [-0.39, 0.29) is 12.0 Å². The fourth-order valence-corrected chi connectivity index (χ4v) is 2.22. The summed E-state index contributed by atoms with van der Waals surface area (Å²) in [6.07, 6.45) is 0.0796. The van der Waals surface area contributed by atoms with E-state index in [1.54, 1.807) is 0 Å². The first-order valence-electron chi connectivity index (χ1n) is 5.99. The lowest BCUT2D eigenvalue weighted by Crippen LogP contribution is -2.24. The molecule has 5 heteroatoms. The van der Waals surface area contributed by atoms with Crippen LogP contribution in [0.4, 0.5) is 5.69 Å². The van der Waals surface area contributed by atoms with E-state index in [4.69, 9.17) is 10.5 Å². The number of anilines is 1. The number of amides is 1. The van der Waals surface area contributed by atoms with Crippen LogP contribution in [0.2, 0.25) is 0 Å². The van der Waals surface area contributed by atoms with Crippen LogP contribution in [-0.4, -0.2) is 24.3 Å². The minimum atomic E-state index is 0.0112. The van der Waals surface area contributed by atoms with Crippen molar-refractivity contribution in [2.75, 3.05) is 18.0 Å². The van der Waals surface area contributed by atoms with Crippen LogP contribution >= 0.6 is 11.8 Å². The Morgan fingerprint density at radius 2 is 2.22 bits per heavy atom. The molecule has 100 valence electrons. The fourth-order valence-electron chi connectivity index (χ4n) is 1.40. The number of thioether (sulfide) groups is 1. The van der Waals surface area contributed by atoms with E-state index in [1.165, 1.54) is 11.8 Å². The number of ether oxygens (including phenoxy) is 1. The van der Waals surface area contributed by atoms with Gasteiger partial charge < -0.3 is 15.8 Å². The second-order valence-electron chi connectivity index (χ2n) is 4.08. The number of carbonyl (C=O) groups excluding carboxylic acids is 1. The maximum atomic E-state index is 11.4. The third kappa shape index (κ3) is 4.49. The van der Waals surface area contributed by atoms with Crippen molar-refractivity contribution in [3.8, 4) is 5.75 Å². The maximum absolute atomic E-state index is 11.4. The fraction of sp³-hybridized carbons (Fsp3) is 0.462. The van der Waals surface area contributed by atoms with Gasteiger partial charge in [0, 0.05) is 11.4 Å². The largest absolute Gasteiger partial charge is 0.489 e. The lowest BCUT2D eigenvalue weighted by molar-refractivity contribution is -0.118. The first-order chi connectivity index (χ1) is 8.54. The van der Waals surface area contributed by atoms with Crippen molar-refractivity contribution >= 4 is 23.4 Å². The zero-order valence-corrected chi connectivity index (χ0v) is 11.8. The number of para-hydroxylation sites is 1. The van der Waals surface area contributed by atoms with Crippen LogP contribution < -0.4 is 15.8 Å². The summed E-state index contributed by atoms with van der Waals surface area (Å²) < 4.78 is 5.60. The second-order valence-corrected chi connectivity index (χ2v) is 5.09. The molecule has 0 radical (unpaired) electrons. The molecule has 0 spiro atoms. The van der Waals surface area contributed by atoms with Gasteiger partial charge in [0.25, 0.3) is 0 Å². The van der Waals surface area contributed by atoms with Gasteiger partial charge in [-0.2, -0.15) is 0 Å². The molecule has 0 fully saturated rings. The van der Waals surface area contributed by atoms with Gasteiger partial charge in [-0.1, -0.05) is 6.07 Å². The van der Waals surface area contributed by atoms with Gasteiger partial charge in [0.2, 0.25) is 5.91 Å². The number of hydrogen-bond acceptors (Lipinski definition) is 4. The minimum Gasteiger partial charge on any atom is -0.489 e. The van der Waals surface area contributed by atoms with Crippen LogP contribution in [0.15, 0.2) is 23.1 Å². The molecule has 0 aliphatic heterocycles. The van der Waals surface area contributed by atoms with Crippen LogP contribution in [0.25, 0.3) is 0 Å². The number of carbonyl (C=O) groups is 1. The Morgan fingerprint density at radius 1 is 1.50 bits per heavy atom. The average Bonchev–Trinajstić information content (AvgIpc) is 2.30. The van der Waals surface area contributed by atoms with Crippen molar-refractivity contribution in [3.05, 3.63) is 18.2 Å². The van der Waals surface area contributed by atoms with Crippen molar-refractivity contribution in [2.45, 2.75) is 31.8 Å². The van der Waals surface area contributed by atoms with Gasteiger partial charge in [-0.25, -0.2) is 0 Å². The number of nitrogen functional groups attached to an aromatic ring is 1. The minimum absolute atomic E-state index is 0.0112. The molecule has 4 nitrogen and oxygen atoms in total. The molecule has 0 bridgehead atoms. The predicted molar refractivity (Wildman–Crippen MR) is 76.0 cm³/mol. The van der Waals surface area contributed by atoms with Crippen LogP contribution in [-0.2, 0) is 4.79 Å². The number of benzene rings is 1. The molecule has 1 rings (SSSR count). The molecule has 18 heavy (non-hydrogen) atoms. The van der Waals surface area contributed by atoms with Crippen molar-refractivity contribution < 1.29 is 9.53 Å². The van der Waals surface area contributed by atoms with Crippen molar-refractivity contribution in [2.24, 2.45) is 0 Å². The Bertz CT molecular complexity index is 408. The Balaban J connectivity index is 2.68. The molecule has 0 unspecified atom stereocenters. The third-order valence-electron chi connectivity index (χ3n) is 2.12. The first-order valence-corrected chi connectivity index (χ1v) is 6.97. The average molecular weight is 268 g/mol. The van der Waals surface area contributed by atoms with Crippen LogP contribution in [0.5, 0.6) is 5.75 Å². The highest BCUT2D eigenvalue weighted by Gasteiger charge is 2.09. The van der Waals surface area contributed by atoms with E-state index < -0.39 is 0 Å². The number of nitrogens with two attached hydrogens (primary N) is 1. The molecule has 1 amide bonds. The van der Waals surface area contributed by atoms with Gasteiger partial charge in [0.05, 0.1) is 17.5 Å². The second kappa shape index (κ2) is 7.16. The van der Waals surface area contributed by atoms with Crippen LogP contribution in [0, 0.1) is 0 Å². The van der Waals surface area contributed by atoms with Gasteiger partial charge in [-0.15, -0.1) is 11.8 Å². The molecule has 0 saturated heterocycles. The zero-order chi connectivity index (χ0) is 13.5. The van der Waals surface area contributed by atoms with Gasteiger partial charge in [-0.3, -0.25) is 4.79 Å². The molecule has 0 atom stereocenters. The Labute approximate surface area is 112 Å². The summed E-state index contributed by atoms with van der Waals surface area (Å²) >= 11 is 1.42. The van der Waals surface area contributed by atoms with E-state index in [9.17, 15) is 4.79 Å². The summed E-state index contributed by atoms with van der Waals surface area (Å²) in [6.45, 7) is 6.45. The third-order valence-corrected chi connectivity index (χ3v) is 3.20. The lowest BCUT2D eigenvalue weighted by atomic mass is 10.3. The standard InChI is InChI=1S/C13H20N2O2S/c1-4-15-12(16)8-18-11-7-5-6-10(13(11)14)17-9(2)3/h5-7,9H,4,8,14H2,1-3H3,(H,15,16). The predicted octanol–water partition coefficient (Wildman–Crippen LogP) is 2.28. The smallest absolute Gasteiger partial charge is 0.230 e. The number of nitrogens with one attached hydrogen (secondary N) is 1. The Kier molecular flexibility index (Phi) is 5.85.